The number of hydrogen-bond donors (Lipinski definition) is 1. The lowest BCUT2D eigenvalue weighted by molar-refractivity contribution is 0.480. The van der Waals surface area contributed by atoms with E-state index in [0.29, 0.717) is 17.4 Å². The minimum Gasteiger partial charge on any atom is -0.457 e. The monoisotopic (exact) mass is 373 g/mol. The van der Waals surface area contributed by atoms with Crippen LogP contribution in [0.4, 0.5) is 10.3 Å². The molecule has 5 heteroatoms. The second-order valence-corrected chi connectivity index (χ2v) is 6.79. The minimum absolute atomic E-state index is 0.237. The molecule has 4 nitrogen and oxygen atoms in total. The maximum absolute atomic E-state index is 13.0. The van der Waals surface area contributed by atoms with Gasteiger partial charge in [-0.15, -0.1) is 0 Å². The Morgan fingerprint density at radius 2 is 1.46 bits per heavy atom. The molecule has 4 rings (SSSR count). The summed E-state index contributed by atoms with van der Waals surface area (Å²) in [5.41, 5.74) is 2.72. The van der Waals surface area contributed by atoms with Gasteiger partial charge in [0.15, 0.2) is 0 Å². The van der Waals surface area contributed by atoms with Gasteiger partial charge < -0.3 is 10.1 Å². The Morgan fingerprint density at radius 1 is 0.821 bits per heavy atom. The molecule has 4 aromatic rings. The van der Waals surface area contributed by atoms with E-state index in [1.807, 2.05) is 48.5 Å². The fourth-order valence-electron chi connectivity index (χ4n) is 2.94. The molecule has 1 aromatic heterocycles. The van der Waals surface area contributed by atoms with Crippen LogP contribution in [0.5, 0.6) is 11.5 Å². The van der Waals surface area contributed by atoms with E-state index in [1.165, 1.54) is 12.1 Å². The fourth-order valence-corrected chi connectivity index (χ4v) is 2.94. The molecule has 0 saturated carbocycles. The van der Waals surface area contributed by atoms with Crippen LogP contribution in [0.25, 0.3) is 22.2 Å². The zero-order valence-corrected chi connectivity index (χ0v) is 15.7. The van der Waals surface area contributed by atoms with E-state index in [1.54, 1.807) is 12.1 Å². The van der Waals surface area contributed by atoms with Gasteiger partial charge >= 0.3 is 0 Å². The van der Waals surface area contributed by atoms with Gasteiger partial charge in [0.25, 0.3) is 0 Å². The molecule has 3 aromatic carbocycles. The Bertz CT molecular complexity index is 1090. The molecule has 0 aliphatic carbocycles. The molecule has 0 fully saturated rings. The Labute approximate surface area is 163 Å². The van der Waals surface area contributed by atoms with Crippen LogP contribution in [0.1, 0.15) is 13.8 Å². The van der Waals surface area contributed by atoms with Crippen molar-refractivity contribution in [1.82, 2.24) is 9.97 Å². The summed E-state index contributed by atoms with van der Waals surface area (Å²) in [4.78, 5) is 9.33. The molecule has 0 bridgehead atoms. The Kier molecular flexibility index (Phi) is 4.89. The maximum atomic E-state index is 13.0. The standard InChI is InChI=1S/C23H20FN3O/c1-15(2)25-23-26-21-6-4-3-5-20(21)22(27-23)16-7-11-18(12-8-16)28-19-13-9-17(24)10-14-19/h3-15H,1-2H3,(H,25,26,27). The van der Waals surface area contributed by atoms with Crippen LogP contribution in [-0.2, 0) is 0 Å². The summed E-state index contributed by atoms with van der Waals surface area (Å²) in [7, 11) is 0. The number of halogens is 1. The van der Waals surface area contributed by atoms with Gasteiger partial charge in [0.05, 0.1) is 11.2 Å². The molecule has 1 heterocycles. The Morgan fingerprint density at radius 3 is 2.14 bits per heavy atom. The Hall–Kier alpha value is -3.47. The van der Waals surface area contributed by atoms with Crippen molar-refractivity contribution in [2.24, 2.45) is 0 Å². The quantitative estimate of drug-likeness (QED) is 0.463. The van der Waals surface area contributed by atoms with Crippen molar-refractivity contribution >= 4 is 16.9 Å². The van der Waals surface area contributed by atoms with Gasteiger partial charge in [0.2, 0.25) is 5.95 Å². The van der Waals surface area contributed by atoms with Gasteiger partial charge in [-0.25, -0.2) is 14.4 Å². The summed E-state index contributed by atoms with van der Waals surface area (Å²) in [6.45, 7) is 4.11. The predicted octanol–water partition coefficient (Wildman–Crippen LogP) is 6.05. The zero-order valence-electron chi connectivity index (χ0n) is 15.7. The van der Waals surface area contributed by atoms with E-state index in [9.17, 15) is 4.39 Å². The first-order valence-electron chi connectivity index (χ1n) is 9.16. The van der Waals surface area contributed by atoms with Crippen molar-refractivity contribution in [3.05, 3.63) is 78.6 Å². The summed E-state index contributed by atoms with van der Waals surface area (Å²) < 4.78 is 18.8. The van der Waals surface area contributed by atoms with Gasteiger partial charge in [0.1, 0.15) is 17.3 Å². The molecule has 0 aliphatic rings. The number of hydrogen-bond acceptors (Lipinski definition) is 4. The van der Waals surface area contributed by atoms with Crippen molar-refractivity contribution in [2.75, 3.05) is 5.32 Å². The molecule has 28 heavy (non-hydrogen) atoms. The molecule has 0 spiro atoms. The van der Waals surface area contributed by atoms with E-state index in [0.717, 1.165) is 22.2 Å². The van der Waals surface area contributed by atoms with Gasteiger partial charge in [0, 0.05) is 17.0 Å². The predicted molar refractivity (Wildman–Crippen MR) is 110 cm³/mol. The number of anilines is 1. The highest BCUT2D eigenvalue weighted by molar-refractivity contribution is 5.93. The molecule has 0 unspecified atom stereocenters. The number of fused-ring (bicyclic) bond motifs is 1. The topological polar surface area (TPSA) is 47.0 Å². The fraction of sp³-hybridized carbons (Fsp3) is 0.130. The van der Waals surface area contributed by atoms with Crippen LogP contribution in [0.2, 0.25) is 0 Å². The smallest absolute Gasteiger partial charge is 0.224 e. The summed E-state index contributed by atoms with van der Waals surface area (Å²) >= 11 is 0. The van der Waals surface area contributed by atoms with Crippen LogP contribution < -0.4 is 10.1 Å². The number of ether oxygens (including phenoxy) is 1. The largest absolute Gasteiger partial charge is 0.457 e. The first kappa shape index (κ1) is 17.9. The summed E-state index contributed by atoms with van der Waals surface area (Å²) in [5, 5.41) is 4.27. The van der Waals surface area contributed by atoms with Crippen molar-refractivity contribution in [1.29, 1.82) is 0 Å². The molecule has 0 saturated heterocycles. The van der Waals surface area contributed by atoms with E-state index in [2.05, 4.69) is 24.1 Å². The lowest BCUT2D eigenvalue weighted by Crippen LogP contribution is -2.13. The second kappa shape index (κ2) is 7.64. The number of benzene rings is 3. The molecule has 0 radical (unpaired) electrons. The normalized spacial score (nSPS) is 11.0. The van der Waals surface area contributed by atoms with Gasteiger partial charge in [-0.05, 0) is 68.4 Å². The van der Waals surface area contributed by atoms with E-state index < -0.39 is 0 Å². The molecular weight excluding hydrogens is 353 g/mol. The minimum atomic E-state index is -0.288. The first-order chi connectivity index (χ1) is 13.6. The second-order valence-electron chi connectivity index (χ2n) is 6.79. The molecule has 0 aliphatic heterocycles. The molecular formula is C23H20FN3O. The highest BCUT2D eigenvalue weighted by Gasteiger charge is 2.11. The zero-order chi connectivity index (χ0) is 19.5. The highest BCUT2D eigenvalue weighted by Crippen LogP contribution is 2.30. The van der Waals surface area contributed by atoms with Crippen LogP contribution in [0.15, 0.2) is 72.8 Å². The van der Waals surface area contributed by atoms with E-state index in [4.69, 9.17) is 9.72 Å². The molecule has 0 atom stereocenters. The molecule has 140 valence electrons. The molecule has 1 N–H and O–H groups in total. The van der Waals surface area contributed by atoms with Crippen molar-refractivity contribution < 1.29 is 9.13 Å². The van der Waals surface area contributed by atoms with Crippen LogP contribution >= 0.6 is 0 Å². The first-order valence-corrected chi connectivity index (χ1v) is 9.16. The third-order valence-electron chi connectivity index (χ3n) is 4.20. The van der Waals surface area contributed by atoms with E-state index in [-0.39, 0.29) is 11.9 Å². The average Bonchev–Trinajstić information content (AvgIpc) is 2.69. The van der Waals surface area contributed by atoms with Crippen molar-refractivity contribution in [3.8, 4) is 22.8 Å². The number of rotatable bonds is 5. The van der Waals surface area contributed by atoms with E-state index >= 15 is 0 Å². The third kappa shape index (κ3) is 3.93. The van der Waals surface area contributed by atoms with Gasteiger partial charge in [-0.3, -0.25) is 0 Å². The van der Waals surface area contributed by atoms with Crippen molar-refractivity contribution in [3.63, 3.8) is 0 Å². The maximum Gasteiger partial charge on any atom is 0.224 e. The summed E-state index contributed by atoms with van der Waals surface area (Å²) in [6.07, 6.45) is 0. The van der Waals surface area contributed by atoms with Gasteiger partial charge in [-0.2, -0.15) is 0 Å². The van der Waals surface area contributed by atoms with Crippen LogP contribution in [0, 0.1) is 5.82 Å². The summed E-state index contributed by atoms with van der Waals surface area (Å²) in [5.74, 6) is 1.58. The number of para-hydroxylation sites is 1. The number of nitrogens with zero attached hydrogens (tertiary/aromatic N) is 2. The molecule has 0 amide bonds. The SMILES string of the molecule is CC(C)Nc1nc(-c2ccc(Oc3ccc(F)cc3)cc2)c2ccccc2n1. The number of nitrogens with one attached hydrogen (secondary N) is 1. The lowest BCUT2D eigenvalue weighted by Gasteiger charge is -2.13. The average molecular weight is 373 g/mol. The summed E-state index contributed by atoms with van der Waals surface area (Å²) in [6, 6.07) is 21.8. The Balaban J connectivity index is 1.68. The highest BCUT2D eigenvalue weighted by atomic mass is 19.1. The van der Waals surface area contributed by atoms with Crippen LogP contribution in [0.3, 0.4) is 0 Å². The lowest BCUT2D eigenvalue weighted by atomic mass is 10.1. The number of aromatic nitrogens is 2. The van der Waals surface area contributed by atoms with Crippen molar-refractivity contribution in [2.45, 2.75) is 19.9 Å². The van der Waals surface area contributed by atoms with Gasteiger partial charge in [-0.1, -0.05) is 18.2 Å². The third-order valence-corrected chi connectivity index (χ3v) is 4.20. The van der Waals surface area contributed by atoms with Crippen LogP contribution in [-0.4, -0.2) is 16.0 Å².